The largest absolute Gasteiger partial charge is 0.872 e. The molecule has 62 valence electrons. The van der Waals surface area contributed by atoms with E-state index in [0.717, 1.165) is 0 Å². The fourth-order valence-electron chi connectivity index (χ4n) is 0.831. The summed E-state index contributed by atoms with van der Waals surface area (Å²) >= 11 is 0. The smallest absolute Gasteiger partial charge is 0.335 e. The minimum Gasteiger partial charge on any atom is -0.872 e. The number of carboxylic acids is 1. The predicted molar refractivity (Wildman–Crippen MR) is 42.6 cm³/mol. The monoisotopic (exact) mass is 163 g/mol. The first kappa shape index (κ1) is 8.33. The Kier molecular flexibility index (Phi) is 2.14. The predicted octanol–water partition coefficient (Wildman–Crippen LogP) is 0.858. The van der Waals surface area contributed by atoms with Gasteiger partial charge in [-0.15, -0.1) is 5.75 Å². The molecule has 0 atom stereocenters. The third-order valence-electron chi connectivity index (χ3n) is 1.47. The van der Waals surface area contributed by atoms with Gasteiger partial charge in [0.15, 0.2) is 0 Å². The van der Waals surface area contributed by atoms with Crippen molar-refractivity contribution >= 4 is 11.5 Å². The normalized spacial score (nSPS) is 9.33. The van der Waals surface area contributed by atoms with Crippen LogP contribution >= 0.6 is 0 Å². The van der Waals surface area contributed by atoms with Gasteiger partial charge in [0.2, 0.25) is 0 Å². The molecule has 0 fully saturated rings. The quantitative estimate of drug-likeness (QED) is 0.657. The van der Waals surface area contributed by atoms with Gasteiger partial charge in [-0.05, 0) is 5.56 Å². The fourth-order valence-corrected chi connectivity index (χ4v) is 0.831. The maximum atomic E-state index is 11.0. The molecule has 0 aromatic heterocycles. The van der Waals surface area contributed by atoms with Crippen LogP contribution in [0.25, 0.3) is 5.57 Å². The molecule has 0 aliphatic carbocycles. The van der Waals surface area contributed by atoms with Gasteiger partial charge >= 0.3 is 5.97 Å². The Hall–Kier alpha value is -1.77. The lowest BCUT2D eigenvalue weighted by Crippen LogP contribution is -2.02. The first-order valence-corrected chi connectivity index (χ1v) is 3.31. The van der Waals surface area contributed by atoms with E-state index in [2.05, 4.69) is 6.58 Å². The van der Waals surface area contributed by atoms with Crippen LogP contribution in [0.1, 0.15) is 5.56 Å². The molecule has 1 aromatic rings. The highest BCUT2D eigenvalue weighted by molar-refractivity contribution is 6.15. The van der Waals surface area contributed by atoms with E-state index in [4.69, 9.17) is 5.11 Å². The zero-order chi connectivity index (χ0) is 9.14. The summed E-state index contributed by atoms with van der Waals surface area (Å²) in [5.41, 5.74) is -0.0226. The zero-order valence-corrected chi connectivity index (χ0v) is 6.28. The number of rotatable bonds is 2. The van der Waals surface area contributed by atoms with E-state index in [-0.39, 0.29) is 16.9 Å². The SMILES string of the molecule is C=C(C(=O)O)c1ccccc1[O-]. The van der Waals surface area contributed by atoms with Crippen LogP contribution in [0.5, 0.6) is 5.75 Å². The standard InChI is InChI=1S/C9H8O3/c1-6(9(11)12)7-4-2-3-5-8(7)10/h2-5,10H,1H2,(H,11,12)/p-1. The summed E-state index contributed by atoms with van der Waals surface area (Å²) in [7, 11) is 0. The van der Waals surface area contributed by atoms with Gasteiger partial charge < -0.3 is 10.2 Å². The average Bonchev–Trinajstić information content (AvgIpc) is 2.04. The van der Waals surface area contributed by atoms with Crippen LogP contribution in [-0.2, 0) is 4.79 Å². The van der Waals surface area contributed by atoms with Crippen molar-refractivity contribution in [2.45, 2.75) is 0 Å². The number of benzene rings is 1. The van der Waals surface area contributed by atoms with Crippen molar-refractivity contribution in [1.29, 1.82) is 0 Å². The van der Waals surface area contributed by atoms with E-state index in [1.807, 2.05) is 0 Å². The molecule has 12 heavy (non-hydrogen) atoms. The first-order valence-electron chi connectivity index (χ1n) is 3.31. The molecule has 3 heteroatoms. The Morgan fingerprint density at radius 2 is 2.00 bits per heavy atom. The van der Waals surface area contributed by atoms with E-state index < -0.39 is 5.97 Å². The number of hydrogen-bond donors (Lipinski definition) is 1. The molecule has 0 amide bonds. The summed E-state index contributed by atoms with van der Waals surface area (Å²) in [6.07, 6.45) is 0. The molecule has 0 radical (unpaired) electrons. The molecule has 0 spiro atoms. The van der Waals surface area contributed by atoms with Crippen LogP contribution in [0.4, 0.5) is 0 Å². The Balaban J connectivity index is 3.11. The zero-order valence-electron chi connectivity index (χ0n) is 6.28. The van der Waals surface area contributed by atoms with E-state index in [9.17, 15) is 9.90 Å². The molecule has 0 saturated heterocycles. The summed E-state index contributed by atoms with van der Waals surface area (Å²) in [5, 5.41) is 19.6. The molecule has 0 aliphatic heterocycles. The lowest BCUT2D eigenvalue weighted by molar-refractivity contribution is -0.268. The van der Waals surface area contributed by atoms with Gasteiger partial charge in [0, 0.05) is 0 Å². The molecule has 3 nitrogen and oxygen atoms in total. The van der Waals surface area contributed by atoms with Crippen molar-refractivity contribution < 1.29 is 15.0 Å². The second-order valence-electron chi connectivity index (χ2n) is 2.28. The molecule has 0 bridgehead atoms. The molecule has 0 aliphatic rings. The van der Waals surface area contributed by atoms with E-state index in [1.165, 1.54) is 12.1 Å². The van der Waals surface area contributed by atoms with E-state index >= 15 is 0 Å². The Bertz CT molecular complexity index is 328. The van der Waals surface area contributed by atoms with Crippen molar-refractivity contribution in [3.05, 3.63) is 36.4 Å². The second-order valence-corrected chi connectivity index (χ2v) is 2.28. The fraction of sp³-hybridized carbons (Fsp3) is 0. The number of carbonyl (C=O) groups is 1. The van der Waals surface area contributed by atoms with Gasteiger partial charge in [-0.1, -0.05) is 30.8 Å². The van der Waals surface area contributed by atoms with Gasteiger partial charge in [0.25, 0.3) is 0 Å². The molecule has 0 heterocycles. The summed E-state index contributed by atoms with van der Waals surface area (Å²) < 4.78 is 0. The minimum atomic E-state index is -1.17. The van der Waals surface area contributed by atoms with Crippen LogP contribution in [0, 0.1) is 0 Å². The van der Waals surface area contributed by atoms with Gasteiger partial charge in [-0.2, -0.15) is 0 Å². The number of carboxylic acid groups (broad SMARTS) is 1. The van der Waals surface area contributed by atoms with Crippen molar-refractivity contribution in [1.82, 2.24) is 0 Å². The first-order chi connectivity index (χ1) is 5.63. The highest BCUT2D eigenvalue weighted by Crippen LogP contribution is 2.20. The van der Waals surface area contributed by atoms with Gasteiger partial charge in [0.05, 0.1) is 5.57 Å². The van der Waals surface area contributed by atoms with Crippen molar-refractivity contribution in [3.63, 3.8) is 0 Å². The maximum absolute atomic E-state index is 11.0. The Labute approximate surface area is 69.6 Å². The topological polar surface area (TPSA) is 60.4 Å². The average molecular weight is 163 g/mol. The van der Waals surface area contributed by atoms with Crippen LogP contribution in [0.2, 0.25) is 0 Å². The summed E-state index contributed by atoms with van der Waals surface area (Å²) in [4.78, 5) is 10.4. The Morgan fingerprint density at radius 3 is 2.50 bits per heavy atom. The van der Waals surface area contributed by atoms with E-state index in [0.29, 0.717) is 0 Å². The van der Waals surface area contributed by atoms with E-state index in [1.54, 1.807) is 12.1 Å². The molecule has 1 aromatic carbocycles. The molecule has 0 unspecified atom stereocenters. The minimum absolute atomic E-state index is 0.144. The lowest BCUT2D eigenvalue weighted by Gasteiger charge is -2.11. The number of hydrogen-bond acceptors (Lipinski definition) is 2. The van der Waals surface area contributed by atoms with Crippen LogP contribution in [-0.4, -0.2) is 11.1 Å². The molecule has 1 N–H and O–H groups in total. The highest BCUT2D eigenvalue weighted by Gasteiger charge is 2.06. The Morgan fingerprint density at radius 1 is 1.42 bits per heavy atom. The summed E-state index contributed by atoms with van der Waals surface area (Å²) in [6.45, 7) is 3.29. The van der Waals surface area contributed by atoms with Crippen molar-refractivity contribution in [2.75, 3.05) is 0 Å². The van der Waals surface area contributed by atoms with Gasteiger partial charge in [-0.3, -0.25) is 0 Å². The molecule has 1 rings (SSSR count). The van der Waals surface area contributed by atoms with Gasteiger partial charge in [0.1, 0.15) is 0 Å². The summed E-state index contributed by atoms with van der Waals surface area (Å²) in [5.74, 6) is -1.48. The van der Waals surface area contributed by atoms with Crippen molar-refractivity contribution in [3.8, 4) is 5.75 Å². The molecule has 0 saturated carbocycles. The van der Waals surface area contributed by atoms with Crippen LogP contribution in [0.3, 0.4) is 0 Å². The molecular formula is C9H7O3-. The van der Waals surface area contributed by atoms with Crippen LogP contribution < -0.4 is 5.11 Å². The maximum Gasteiger partial charge on any atom is 0.335 e. The number of aliphatic carboxylic acids is 1. The van der Waals surface area contributed by atoms with Gasteiger partial charge in [-0.25, -0.2) is 4.79 Å². The highest BCUT2D eigenvalue weighted by atomic mass is 16.4. The van der Waals surface area contributed by atoms with Crippen LogP contribution in [0.15, 0.2) is 30.8 Å². The summed E-state index contributed by atoms with van der Waals surface area (Å²) in [6, 6.07) is 5.91. The lowest BCUT2D eigenvalue weighted by atomic mass is 10.1. The second kappa shape index (κ2) is 3.09. The van der Waals surface area contributed by atoms with Crippen molar-refractivity contribution in [2.24, 2.45) is 0 Å². The third kappa shape index (κ3) is 1.45. The number of para-hydroxylation sites is 1. The molecular weight excluding hydrogens is 156 g/mol. The third-order valence-corrected chi connectivity index (χ3v) is 1.47.